The first-order chi connectivity index (χ1) is 8.99. The van der Waals surface area contributed by atoms with Crippen LogP contribution in [0.15, 0.2) is 26.2 Å². The first-order valence-electron chi connectivity index (χ1n) is 5.88. The van der Waals surface area contributed by atoms with Gasteiger partial charge in [-0.2, -0.15) is 0 Å². The second-order valence-electron chi connectivity index (χ2n) is 4.41. The monoisotopic (exact) mass is 264 g/mol. The fourth-order valence-electron chi connectivity index (χ4n) is 1.77. The molecule has 0 amide bonds. The van der Waals surface area contributed by atoms with Gasteiger partial charge >= 0.3 is 5.69 Å². The minimum atomic E-state index is -0.332. The molecule has 2 aromatic rings. The predicted molar refractivity (Wildman–Crippen MR) is 68.7 cm³/mol. The molecule has 2 rings (SSSR count). The smallest absolute Gasteiger partial charge is 0.330 e. The van der Waals surface area contributed by atoms with Crippen LogP contribution in [-0.2, 0) is 27.2 Å². The maximum Gasteiger partial charge on any atom is 0.330 e. The molecule has 0 spiro atoms. The van der Waals surface area contributed by atoms with E-state index in [1.54, 1.807) is 7.05 Å². The molecular weight excluding hydrogens is 248 g/mol. The molecule has 0 unspecified atom stereocenters. The summed E-state index contributed by atoms with van der Waals surface area (Å²) >= 11 is 0. The number of hydrogen-bond donors (Lipinski definition) is 1. The molecule has 0 saturated carbocycles. The molecule has 7 heteroatoms. The molecule has 2 heterocycles. The van der Waals surface area contributed by atoms with Crippen molar-refractivity contribution in [3.05, 3.63) is 50.1 Å². The van der Waals surface area contributed by atoms with E-state index < -0.39 is 0 Å². The van der Waals surface area contributed by atoms with Crippen molar-refractivity contribution >= 4 is 0 Å². The van der Waals surface area contributed by atoms with Crippen LogP contribution in [0.3, 0.4) is 0 Å². The Labute approximate surface area is 109 Å². The summed E-state index contributed by atoms with van der Waals surface area (Å²) in [6.07, 6.45) is 0. The van der Waals surface area contributed by atoms with Crippen LogP contribution < -0.4 is 16.6 Å². The zero-order chi connectivity index (χ0) is 14.0. The quantitative estimate of drug-likeness (QED) is 0.817. The Morgan fingerprint density at radius 2 is 1.95 bits per heavy atom. The molecule has 0 aliphatic heterocycles. The van der Waals surface area contributed by atoms with Gasteiger partial charge in [0.2, 0.25) is 0 Å². The summed E-state index contributed by atoms with van der Waals surface area (Å²) in [5.74, 6) is 0.748. The zero-order valence-electron chi connectivity index (χ0n) is 11.1. The Hall–Kier alpha value is -2.15. The Kier molecular flexibility index (Phi) is 3.66. The van der Waals surface area contributed by atoms with Gasteiger partial charge in [0, 0.05) is 45.0 Å². The average Bonchev–Trinajstić information content (AvgIpc) is 2.79. The van der Waals surface area contributed by atoms with Crippen molar-refractivity contribution in [3.8, 4) is 0 Å². The fraction of sp³-hybridized carbons (Fsp3) is 0.417. The molecule has 0 aliphatic rings. The highest BCUT2D eigenvalue weighted by Crippen LogP contribution is 2.01. The van der Waals surface area contributed by atoms with Gasteiger partial charge in [-0.1, -0.05) is 5.16 Å². The SMILES string of the molecule is Cc1cc(CNCc2cc(=O)n(C)c(=O)n2C)no1. The van der Waals surface area contributed by atoms with Crippen molar-refractivity contribution < 1.29 is 4.52 Å². The van der Waals surface area contributed by atoms with Crippen LogP contribution in [0.4, 0.5) is 0 Å². The molecule has 102 valence electrons. The largest absolute Gasteiger partial charge is 0.361 e. The number of hydrogen-bond acceptors (Lipinski definition) is 5. The van der Waals surface area contributed by atoms with Crippen LogP contribution in [0.2, 0.25) is 0 Å². The molecule has 0 aromatic carbocycles. The summed E-state index contributed by atoms with van der Waals surface area (Å²) in [7, 11) is 3.10. The first kappa shape index (κ1) is 13.3. The fourth-order valence-corrected chi connectivity index (χ4v) is 1.77. The lowest BCUT2D eigenvalue weighted by Gasteiger charge is -2.09. The van der Waals surface area contributed by atoms with E-state index in [1.165, 1.54) is 17.7 Å². The van der Waals surface area contributed by atoms with Gasteiger partial charge in [0.1, 0.15) is 5.76 Å². The van der Waals surface area contributed by atoms with E-state index in [0.29, 0.717) is 18.8 Å². The highest BCUT2D eigenvalue weighted by Gasteiger charge is 2.06. The molecule has 0 bridgehead atoms. The van der Waals surface area contributed by atoms with Crippen molar-refractivity contribution in [2.75, 3.05) is 0 Å². The van der Waals surface area contributed by atoms with E-state index in [2.05, 4.69) is 10.5 Å². The maximum atomic E-state index is 11.7. The predicted octanol–water partition coefficient (Wildman–Crippen LogP) is -0.330. The molecule has 2 aromatic heterocycles. The van der Waals surface area contributed by atoms with Crippen LogP contribution in [0, 0.1) is 6.92 Å². The van der Waals surface area contributed by atoms with Crippen LogP contribution in [0.25, 0.3) is 0 Å². The maximum absolute atomic E-state index is 11.7. The topological polar surface area (TPSA) is 82.1 Å². The summed E-state index contributed by atoms with van der Waals surface area (Å²) in [5, 5.41) is 6.96. The van der Waals surface area contributed by atoms with E-state index in [1.807, 2.05) is 13.0 Å². The summed E-state index contributed by atoms with van der Waals surface area (Å²) in [6, 6.07) is 3.28. The highest BCUT2D eigenvalue weighted by atomic mass is 16.5. The second kappa shape index (κ2) is 5.23. The lowest BCUT2D eigenvalue weighted by Crippen LogP contribution is -2.39. The summed E-state index contributed by atoms with van der Waals surface area (Å²) in [6.45, 7) is 2.75. The lowest BCUT2D eigenvalue weighted by molar-refractivity contribution is 0.388. The zero-order valence-corrected chi connectivity index (χ0v) is 11.1. The van der Waals surface area contributed by atoms with E-state index in [9.17, 15) is 9.59 Å². The summed E-state index contributed by atoms with van der Waals surface area (Å²) < 4.78 is 7.47. The number of nitrogens with one attached hydrogen (secondary N) is 1. The van der Waals surface area contributed by atoms with Gasteiger partial charge in [-0.15, -0.1) is 0 Å². The highest BCUT2D eigenvalue weighted by molar-refractivity contribution is 5.05. The molecule has 0 aliphatic carbocycles. The number of nitrogens with zero attached hydrogens (tertiary/aromatic N) is 3. The van der Waals surface area contributed by atoms with Crippen LogP contribution in [-0.4, -0.2) is 14.3 Å². The van der Waals surface area contributed by atoms with Gasteiger partial charge in [0.25, 0.3) is 5.56 Å². The molecule has 0 fully saturated rings. The van der Waals surface area contributed by atoms with Crippen molar-refractivity contribution in [2.45, 2.75) is 20.0 Å². The molecule has 0 atom stereocenters. The van der Waals surface area contributed by atoms with Crippen molar-refractivity contribution in [3.63, 3.8) is 0 Å². The van der Waals surface area contributed by atoms with Gasteiger partial charge in [-0.3, -0.25) is 13.9 Å². The van der Waals surface area contributed by atoms with E-state index in [4.69, 9.17) is 4.52 Å². The van der Waals surface area contributed by atoms with E-state index in [-0.39, 0.29) is 11.2 Å². The Morgan fingerprint density at radius 1 is 1.21 bits per heavy atom. The van der Waals surface area contributed by atoms with Crippen LogP contribution in [0.1, 0.15) is 17.1 Å². The summed E-state index contributed by atoms with van der Waals surface area (Å²) in [4.78, 5) is 23.3. The minimum Gasteiger partial charge on any atom is -0.361 e. The van der Waals surface area contributed by atoms with Crippen molar-refractivity contribution in [1.82, 2.24) is 19.6 Å². The standard InChI is InChI=1S/C12H16N4O3/c1-8-4-9(14-19-8)6-13-7-10-5-11(17)16(3)12(18)15(10)2/h4-5,13H,6-7H2,1-3H3. The van der Waals surface area contributed by atoms with Crippen molar-refractivity contribution in [2.24, 2.45) is 14.1 Å². The molecule has 0 saturated heterocycles. The van der Waals surface area contributed by atoms with Gasteiger partial charge in [-0.05, 0) is 6.92 Å². The van der Waals surface area contributed by atoms with Crippen molar-refractivity contribution in [1.29, 1.82) is 0 Å². The molecule has 1 N–H and O–H groups in total. The third-order valence-corrected chi connectivity index (χ3v) is 2.91. The summed E-state index contributed by atoms with van der Waals surface area (Å²) in [5.41, 5.74) is 0.776. The Bertz CT molecular complexity index is 696. The van der Waals surface area contributed by atoms with Gasteiger partial charge in [0.15, 0.2) is 0 Å². The number of aromatic nitrogens is 3. The van der Waals surface area contributed by atoms with Crippen LogP contribution >= 0.6 is 0 Å². The lowest BCUT2D eigenvalue weighted by atomic mass is 10.3. The molecule has 7 nitrogen and oxygen atoms in total. The Balaban J connectivity index is 2.08. The third kappa shape index (κ3) is 2.82. The second-order valence-corrected chi connectivity index (χ2v) is 4.41. The average molecular weight is 264 g/mol. The molecule has 0 radical (unpaired) electrons. The van der Waals surface area contributed by atoms with Gasteiger partial charge < -0.3 is 9.84 Å². The number of aryl methyl sites for hydroxylation is 1. The van der Waals surface area contributed by atoms with Gasteiger partial charge in [0.05, 0.1) is 5.69 Å². The minimum absolute atomic E-state index is 0.308. The van der Waals surface area contributed by atoms with E-state index in [0.717, 1.165) is 16.0 Å². The van der Waals surface area contributed by atoms with E-state index >= 15 is 0 Å². The number of rotatable bonds is 4. The molecular formula is C12H16N4O3. The van der Waals surface area contributed by atoms with Gasteiger partial charge in [-0.25, -0.2) is 4.79 Å². The van der Waals surface area contributed by atoms with Crippen LogP contribution in [0.5, 0.6) is 0 Å². The third-order valence-electron chi connectivity index (χ3n) is 2.91. The Morgan fingerprint density at radius 3 is 2.58 bits per heavy atom. The first-order valence-corrected chi connectivity index (χ1v) is 5.88. The molecule has 19 heavy (non-hydrogen) atoms. The normalized spacial score (nSPS) is 10.9.